The molecule has 0 radical (unpaired) electrons. The highest BCUT2D eigenvalue weighted by molar-refractivity contribution is 6.22. The smallest absolute Gasteiger partial charge is 0.238 e. The number of hydrogen-bond donors (Lipinski definition) is 0. The van der Waals surface area contributed by atoms with E-state index >= 15 is 0 Å². The Bertz CT molecular complexity index is 1450. The number of rotatable bonds is 2. The lowest BCUT2D eigenvalue weighted by Gasteiger charge is -2.17. The van der Waals surface area contributed by atoms with E-state index in [0.29, 0.717) is 11.5 Å². The van der Waals surface area contributed by atoms with E-state index in [1.54, 1.807) is 12.4 Å². The van der Waals surface area contributed by atoms with Gasteiger partial charge in [0.15, 0.2) is 5.82 Å². The lowest BCUT2D eigenvalue weighted by Crippen LogP contribution is -2.32. The predicted molar refractivity (Wildman–Crippen MR) is 120 cm³/mol. The van der Waals surface area contributed by atoms with Crippen molar-refractivity contribution in [2.75, 3.05) is 4.90 Å². The van der Waals surface area contributed by atoms with Crippen LogP contribution in [0.3, 0.4) is 0 Å². The maximum Gasteiger partial charge on any atom is 0.238 e. The number of aromatic nitrogens is 3. The molecule has 4 aromatic rings. The Hall–Kier alpha value is -3.93. The van der Waals surface area contributed by atoms with Crippen LogP contribution in [0.25, 0.3) is 33.2 Å². The number of amides is 2. The van der Waals surface area contributed by atoms with Crippen molar-refractivity contribution in [3.05, 3.63) is 73.1 Å². The Morgan fingerprint density at radius 1 is 0.781 bits per heavy atom. The van der Waals surface area contributed by atoms with Crippen molar-refractivity contribution in [2.24, 2.45) is 23.7 Å². The molecule has 4 atom stereocenters. The zero-order chi connectivity index (χ0) is 21.4. The molecule has 1 aliphatic heterocycles. The van der Waals surface area contributed by atoms with Crippen molar-refractivity contribution < 1.29 is 9.59 Å². The molecule has 7 rings (SSSR count). The Labute approximate surface area is 183 Å². The number of carbonyl (C=O) groups is 2. The predicted octanol–water partition coefficient (Wildman–Crippen LogP) is 4.16. The molecular weight excluding hydrogens is 400 g/mol. The van der Waals surface area contributed by atoms with Gasteiger partial charge in [0.1, 0.15) is 5.52 Å². The number of anilines is 1. The molecule has 1 saturated heterocycles. The van der Waals surface area contributed by atoms with Crippen molar-refractivity contribution in [2.45, 2.75) is 6.42 Å². The van der Waals surface area contributed by atoms with Gasteiger partial charge in [-0.2, -0.15) is 0 Å². The Balaban J connectivity index is 1.25. The summed E-state index contributed by atoms with van der Waals surface area (Å²) in [6.07, 6.45) is 8.72. The minimum Gasteiger partial charge on any atom is -0.274 e. The van der Waals surface area contributed by atoms with Crippen LogP contribution in [-0.4, -0.2) is 26.8 Å². The fourth-order valence-corrected chi connectivity index (χ4v) is 5.69. The SMILES string of the molecule is O=C1C2C3C=CC(C3)C2C(=O)N1c1ccc(-c2ncc3ccc4cccnc4c3n2)cc1. The van der Waals surface area contributed by atoms with Gasteiger partial charge in [0, 0.05) is 28.7 Å². The maximum atomic E-state index is 13.1. The third-order valence-corrected chi connectivity index (χ3v) is 7.18. The molecule has 2 aromatic heterocycles. The Morgan fingerprint density at radius 2 is 1.50 bits per heavy atom. The standard InChI is InChI=1S/C26H18N4O2/c31-25-20-16-4-5-17(12-16)21(20)26(32)30(25)19-9-7-15(8-10-19)24-28-13-18-6-3-14-2-1-11-27-22(14)23(18)29-24/h1-11,13,16-17,20-21H,12H2. The van der Waals surface area contributed by atoms with Crippen molar-refractivity contribution >= 4 is 39.3 Å². The van der Waals surface area contributed by atoms with E-state index in [2.05, 4.69) is 22.1 Å². The first-order valence-corrected chi connectivity index (χ1v) is 10.9. The van der Waals surface area contributed by atoms with Crippen LogP contribution in [0.1, 0.15) is 6.42 Å². The average Bonchev–Trinajstić information content (AvgIpc) is 3.52. The Morgan fingerprint density at radius 3 is 2.25 bits per heavy atom. The first kappa shape index (κ1) is 17.7. The Kier molecular flexibility index (Phi) is 3.48. The van der Waals surface area contributed by atoms with Gasteiger partial charge in [-0.15, -0.1) is 0 Å². The fourth-order valence-electron chi connectivity index (χ4n) is 5.69. The van der Waals surface area contributed by atoms with Crippen LogP contribution in [0.2, 0.25) is 0 Å². The summed E-state index contributed by atoms with van der Waals surface area (Å²) in [7, 11) is 0. The summed E-state index contributed by atoms with van der Waals surface area (Å²) in [6.45, 7) is 0. The minimum absolute atomic E-state index is 0.0656. The lowest BCUT2D eigenvalue weighted by atomic mass is 9.85. The van der Waals surface area contributed by atoms with E-state index in [1.807, 2.05) is 48.5 Å². The molecule has 6 heteroatoms. The summed E-state index contributed by atoms with van der Waals surface area (Å²) in [4.78, 5) is 41.3. The molecule has 3 aliphatic rings. The molecule has 0 N–H and O–H groups in total. The number of fused-ring (bicyclic) bond motifs is 8. The van der Waals surface area contributed by atoms with Crippen LogP contribution in [0.5, 0.6) is 0 Å². The largest absolute Gasteiger partial charge is 0.274 e. The summed E-state index contributed by atoms with van der Waals surface area (Å²) in [5.41, 5.74) is 3.08. The van der Waals surface area contributed by atoms with E-state index in [4.69, 9.17) is 4.98 Å². The molecule has 4 unspecified atom stereocenters. The van der Waals surface area contributed by atoms with Crippen LogP contribution in [0.15, 0.2) is 73.1 Å². The highest BCUT2D eigenvalue weighted by atomic mass is 16.2. The molecule has 2 fully saturated rings. The summed E-state index contributed by atoms with van der Waals surface area (Å²) < 4.78 is 0. The summed E-state index contributed by atoms with van der Waals surface area (Å²) in [5, 5.41) is 1.96. The molecule has 2 bridgehead atoms. The number of benzene rings is 2. The zero-order valence-electron chi connectivity index (χ0n) is 17.1. The first-order chi connectivity index (χ1) is 15.7. The van der Waals surface area contributed by atoms with Gasteiger partial charge in [-0.05, 0) is 48.6 Å². The van der Waals surface area contributed by atoms with E-state index in [9.17, 15) is 9.59 Å². The van der Waals surface area contributed by atoms with E-state index in [-0.39, 0.29) is 35.5 Å². The van der Waals surface area contributed by atoms with Crippen LogP contribution in [0, 0.1) is 23.7 Å². The van der Waals surface area contributed by atoms with Gasteiger partial charge in [-0.25, -0.2) is 9.97 Å². The quantitative estimate of drug-likeness (QED) is 0.278. The normalized spacial score (nSPS) is 25.9. The third kappa shape index (κ3) is 2.32. The van der Waals surface area contributed by atoms with Gasteiger partial charge in [-0.1, -0.05) is 30.4 Å². The van der Waals surface area contributed by atoms with E-state index < -0.39 is 0 Å². The number of nitrogens with zero attached hydrogens (tertiary/aromatic N) is 4. The van der Waals surface area contributed by atoms with Crippen LogP contribution in [-0.2, 0) is 9.59 Å². The number of hydrogen-bond acceptors (Lipinski definition) is 5. The number of carbonyl (C=O) groups excluding carboxylic acids is 2. The topological polar surface area (TPSA) is 76.1 Å². The molecule has 1 saturated carbocycles. The summed E-state index contributed by atoms with van der Waals surface area (Å²) in [6, 6.07) is 15.3. The zero-order valence-corrected chi connectivity index (χ0v) is 17.1. The first-order valence-electron chi connectivity index (χ1n) is 10.9. The number of imide groups is 1. The van der Waals surface area contributed by atoms with Crippen molar-refractivity contribution in [1.82, 2.24) is 15.0 Å². The van der Waals surface area contributed by atoms with E-state index in [1.165, 1.54) is 4.90 Å². The van der Waals surface area contributed by atoms with Gasteiger partial charge < -0.3 is 0 Å². The molecule has 2 amide bonds. The third-order valence-electron chi connectivity index (χ3n) is 7.18. The maximum absolute atomic E-state index is 13.1. The van der Waals surface area contributed by atoms with Crippen LogP contribution >= 0.6 is 0 Å². The fraction of sp³-hybridized carbons (Fsp3) is 0.192. The molecule has 154 valence electrons. The van der Waals surface area contributed by atoms with Gasteiger partial charge in [0.2, 0.25) is 11.8 Å². The molecule has 3 heterocycles. The van der Waals surface area contributed by atoms with Gasteiger partial charge in [-0.3, -0.25) is 19.5 Å². The molecule has 0 spiro atoms. The van der Waals surface area contributed by atoms with E-state index in [0.717, 1.165) is 33.8 Å². The van der Waals surface area contributed by atoms with Crippen molar-refractivity contribution in [1.29, 1.82) is 0 Å². The van der Waals surface area contributed by atoms with Gasteiger partial charge in [0.05, 0.1) is 23.0 Å². The number of allylic oxidation sites excluding steroid dienone is 2. The molecule has 2 aliphatic carbocycles. The van der Waals surface area contributed by atoms with Crippen molar-refractivity contribution in [3.8, 4) is 11.4 Å². The second kappa shape index (κ2) is 6.29. The molecule has 6 nitrogen and oxygen atoms in total. The molecule has 2 aromatic carbocycles. The highest BCUT2D eigenvalue weighted by Crippen LogP contribution is 2.53. The van der Waals surface area contributed by atoms with Gasteiger partial charge >= 0.3 is 0 Å². The van der Waals surface area contributed by atoms with Gasteiger partial charge in [0.25, 0.3) is 0 Å². The van der Waals surface area contributed by atoms with Crippen LogP contribution < -0.4 is 4.90 Å². The lowest BCUT2D eigenvalue weighted by molar-refractivity contribution is -0.123. The minimum atomic E-state index is -0.193. The monoisotopic (exact) mass is 418 g/mol. The summed E-state index contributed by atoms with van der Waals surface area (Å²) >= 11 is 0. The highest BCUT2D eigenvalue weighted by Gasteiger charge is 2.59. The number of pyridine rings is 1. The summed E-state index contributed by atoms with van der Waals surface area (Å²) in [5.74, 6) is 0.484. The van der Waals surface area contributed by atoms with Crippen molar-refractivity contribution in [3.63, 3.8) is 0 Å². The molecular formula is C26H18N4O2. The molecule has 32 heavy (non-hydrogen) atoms. The van der Waals surface area contributed by atoms with Crippen LogP contribution in [0.4, 0.5) is 5.69 Å². The average molecular weight is 418 g/mol. The second-order valence-corrected chi connectivity index (χ2v) is 8.83. The second-order valence-electron chi connectivity index (χ2n) is 8.83.